The fourth-order valence-corrected chi connectivity index (χ4v) is 3.83. The van der Waals surface area contributed by atoms with Crippen molar-refractivity contribution in [3.8, 4) is 5.69 Å². The second-order valence-corrected chi connectivity index (χ2v) is 7.94. The molecule has 27 heavy (non-hydrogen) atoms. The maximum absolute atomic E-state index is 12.1. The first-order valence-corrected chi connectivity index (χ1v) is 9.67. The van der Waals surface area contributed by atoms with Crippen LogP contribution in [0.4, 0.5) is 11.4 Å². The molecule has 0 saturated carbocycles. The molecule has 6 nitrogen and oxygen atoms in total. The van der Waals surface area contributed by atoms with Crippen molar-refractivity contribution in [1.29, 1.82) is 0 Å². The SMILES string of the molecule is Cc1cc(C)n(-c2cc(Nc3ccc(I)cc3Cl)c(C(=O)NO)cc2Cl)n1. The van der Waals surface area contributed by atoms with E-state index in [4.69, 9.17) is 28.4 Å². The molecule has 1 aromatic heterocycles. The van der Waals surface area contributed by atoms with Gasteiger partial charge in [-0.05, 0) is 72.8 Å². The zero-order chi connectivity index (χ0) is 19.7. The lowest BCUT2D eigenvalue weighted by Gasteiger charge is -2.16. The number of halogens is 3. The summed E-state index contributed by atoms with van der Waals surface area (Å²) in [6.07, 6.45) is 0. The highest BCUT2D eigenvalue weighted by molar-refractivity contribution is 14.1. The Balaban J connectivity index is 2.15. The van der Waals surface area contributed by atoms with Gasteiger partial charge < -0.3 is 5.32 Å². The van der Waals surface area contributed by atoms with Crippen LogP contribution in [0.2, 0.25) is 10.0 Å². The van der Waals surface area contributed by atoms with Crippen LogP contribution in [0, 0.1) is 17.4 Å². The van der Waals surface area contributed by atoms with Crippen LogP contribution in [0.1, 0.15) is 21.7 Å². The third-order valence-corrected chi connectivity index (χ3v) is 5.16. The van der Waals surface area contributed by atoms with E-state index in [1.54, 1.807) is 22.3 Å². The number of amides is 1. The van der Waals surface area contributed by atoms with Gasteiger partial charge in [-0.15, -0.1) is 0 Å². The van der Waals surface area contributed by atoms with Gasteiger partial charge in [0.25, 0.3) is 5.91 Å². The molecule has 1 amide bonds. The van der Waals surface area contributed by atoms with Gasteiger partial charge >= 0.3 is 0 Å². The average molecular weight is 517 g/mol. The Kier molecular flexibility index (Phi) is 5.95. The van der Waals surface area contributed by atoms with Gasteiger partial charge in [0.05, 0.1) is 38.4 Å². The molecule has 3 rings (SSSR count). The fourth-order valence-electron chi connectivity index (χ4n) is 2.68. The molecule has 0 aliphatic heterocycles. The minimum Gasteiger partial charge on any atom is -0.354 e. The molecule has 0 fully saturated rings. The molecule has 1 heterocycles. The van der Waals surface area contributed by atoms with Crippen molar-refractivity contribution in [2.75, 3.05) is 5.32 Å². The summed E-state index contributed by atoms with van der Waals surface area (Å²) in [6.45, 7) is 3.79. The summed E-state index contributed by atoms with van der Waals surface area (Å²) in [5, 5.41) is 17.5. The first kappa shape index (κ1) is 19.9. The van der Waals surface area contributed by atoms with Crippen LogP contribution < -0.4 is 10.8 Å². The number of nitrogens with zero attached hydrogens (tertiary/aromatic N) is 2. The number of nitrogens with one attached hydrogen (secondary N) is 2. The highest BCUT2D eigenvalue weighted by atomic mass is 127. The van der Waals surface area contributed by atoms with Gasteiger partial charge in [0, 0.05) is 9.26 Å². The Hall–Kier alpha value is -1.81. The first-order valence-electron chi connectivity index (χ1n) is 7.84. The van der Waals surface area contributed by atoms with Crippen LogP contribution in [-0.4, -0.2) is 20.9 Å². The highest BCUT2D eigenvalue weighted by Crippen LogP contribution is 2.33. The number of hydrogen-bond acceptors (Lipinski definition) is 4. The van der Waals surface area contributed by atoms with Gasteiger partial charge in [0.15, 0.2) is 0 Å². The summed E-state index contributed by atoms with van der Waals surface area (Å²) in [5.74, 6) is -0.694. The number of carbonyl (C=O) groups is 1. The van der Waals surface area contributed by atoms with Crippen LogP contribution in [0.15, 0.2) is 36.4 Å². The molecule has 9 heteroatoms. The maximum Gasteiger partial charge on any atom is 0.276 e. The predicted molar refractivity (Wildman–Crippen MR) is 115 cm³/mol. The number of aromatic nitrogens is 2. The van der Waals surface area contributed by atoms with Gasteiger partial charge in [-0.3, -0.25) is 10.0 Å². The fraction of sp³-hybridized carbons (Fsp3) is 0.111. The first-order chi connectivity index (χ1) is 12.8. The molecular weight excluding hydrogens is 502 g/mol. The van der Waals surface area contributed by atoms with E-state index in [0.29, 0.717) is 27.1 Å². The van der Waals surface area contributed by atoms with Crippen LogP contribution >= 0.6 is 45.8 Å². The third-order valence-electron chi connectivity index (χ3n) is 3.87. The molecule has 0 spiro atoms. The zero-order valence-electron chi connectivity index (χ0n) is 14.3. The molecule has 140 valence electrons. The number of aryl methyl sites for hydroxylation is 2. The van der Waals surface area contributed by atoms with Crippen molar-refractivity contribution >= 4 is 63.1 Å². The summed E-state index contributed by atoms with van der Waals surface area (Å²) >= 11 is 14.9. The molecule has 0 bridgehead atoms. The summed E-state index contributed by atoms with van der Waals surface area (Å²) in [5.41, 5.74) is 5.19. The van der Waals surface area contributed by atoms with E-state index in [-0.39, 0.29) is 5.56 Å². The Labute approximate surface area is 179 Å². The van der Waals surface area contributed by atoms with E-state index in [1.165, 1.54) is 6.07 Å². The molecule has 3 aromatic rings. The van der Waals surface area contributed by atoms with Crippen molar-refractivity contribution in [3.05, 3.63) is 67.0 Å². The second-order valence-electron chi connectivity index (χ2n) is 5.88. The monoisotopic (exact) mass is 516 g/mol. The second kappa shape index (κ2) is 8.05. The van der Waals surface area contributed by atoms with Crippen LogP contribution in [0.5, 0.6) is 0 Å². The number of anilines is 2. The quantitative estimate of drug-likeness (QED) is 0.251. The number of rotatable bonds is 4. The Morgan fingerprint density at radius 2 is 1.85 bits per heavy atom. The number of hydroxylamine groups is 1. The molecule has 0 aliphatic carbocycles. The van der Waals surface area contributed by atoms with E-state index in [1.807, 2.05) is 32.0 Å². The lowest BCUT2D eigenvalue weighted by Crippen LogP contribution is -2.20. The highest BCUT2D eigenvalue weighted by Gasteiger charge is 2.18. The molecule has 2 aromatic carbocycles. The minimum absolute atomic E-state index is 0.169. The maximum atomic E-state index is 12.1. The Morgan fingerprint density at radius 1 is 1.11 bits per heavy atom. The third kappa shape index (κ3) is 4.21. The Bertz CT molecular complexity index is 1040. The van der Waals surface area contributed by atoms with Crippen LogP contribution in [0.25, 0.3) is 5.69 Å². The lowest BCUT2D eigenvalue weighted by atomic mass is 10.1. The number of benzene rings is 2. The molecular formula is C18H15Cl2IN4O2. The zero-order valence-corrected chi connectivity index (χ0v) is 18.0. The van der Waals surface area contributed by atoms with Gasteiger partial charge in [-0.1, -0.05) is 23.2 Å². The van der Waals surface area contributed by atoms with Gasteiger partial charge in [0.1, 0.15) is 0 Å². The summed E-state index contributed by atoms with van der Waals surface area (Å²) in [7, 11) is 0. The largest absolute Gasteiger partial charge is 0.354 e. The van der Waals surface area contributed by atoms with Gasteiger partial charge in [-0.2, -0.15) is 5.10 Å². The molecule has 0 radical (unpaired) electrons. The molecule has 0 saturated heterocycles. The standard InChI is InChI=1S/C18H15Cl2IN4O2/c1-9-5-10(2)25(23-9)17-8-16(12(7-14(17)20)18(26)24-27)22-15-4-3-11(21)6-13(15)19/h3-8,22,27H,1-2H3,(H,24,26). The number of carbonyl (C=O) groups excluding carboxylic acids is 1. The van der Waals surface area contributed by atoms with E-state index in [0.717, 1.165) is 15.0 Å². The molecule has 3 N–H and O–H groups in total. The molecule has 0 atom stereocenters. The Morgan fingerprint density at radius 3 is 2.44 bits per heavy atom. The van der Waals surface area contributed by atoms with E-state index in [9.17, 15) is 4.79 Å². The summed E-state index contributed by atoms with van der Waals surface area (Å²) in [4.78, 5) is 12.1. The van der Waals surface area contributed by atoms with Crippen molar-refractivity contribution in [2.24, 2.45) is 0 Å². The van der Waals surface area contributed by atoms with E-state index in [2.05, 4.69) is 33.0 Å². The minimum atomic E-state index is -0.694. The summed E-state index contributed by atoms with van der Waals surface area (Å²) in [6, 6.07) is 10.6. The predicted octanol–water partition coefficient (Wildman–Crippen LogP) is 5.26. The number of hydrogen-bond donors (Lipinski definition) is 3. The molecule has 0 aliphatic rings. The normalized spacial score (nSPS) is 10.7. The van der Waals surface area contributed by atoms with Crippen molar-refractivity contribution in [1.82, 2.24) is 15.3 Å². The smallest absolute Gasteiger partial charge is 0.276 e. The van der Waals surface area contributed by atoms with Crippen molar-refractivity contribution in [3.63, 3.8) is 0 Å². The van der Waals surface area contributed by atoms with Gasteiger partial charge in [-0.25, -0.2) is 10.2 Å². The van der Waals surface area contributed by atoms with Gasteiger partial charge in [0.2, 0.25) is 0 Å². The topological polar surface area (TPSA) is 79.2 Å². The van der Waals surface area contributed by atoms with Crippen LogP contribution in [0.3, 0.4) is 0 Å². The summed E-state index contributed by atoms with van der Waals surface area (Å²) < 4.78 is 2.68. The van der Waals surface area contributed by atoms with E-state index >= 15 is 0 Å². The lowest BCUT2D eigenvalue weighted by molar-refractivity contribution is 0.0707. The van der Waals surface area contributed by atoms with E-state index < -0.39 is 5.91 Å². The van der Waals surface area contributed by atoms with Crippen molar-refractivity contribution < 1.29 is 10.0 Å². The van der Waals surface area contributed by atoms with Crippen LogP contribution in [-0.2, 0) is 0 Å². The molecule has 0 unspecified atom stereocenters. The van der Waals surface area contributed by atoms with Crippen molar-refractivity contribution in [2.45, 2.75) is 13.8 Å². The average Bonchev–Trinajstić information content (AvgIpc) is 2.95.